The number of nitrogens with zero attached hydrogens (tertiary/aromatic N) is 2. The summed E-state index contributed by atoms with van der Waals surface area (Å²) in [6.07, 6.45) is 2.32. The number of halogens is 1. The van der Waals surface area contributed by atoms with Crippen molar-refractivity contribution in [2.24, 2.45) is 0 Å². The predicted molar refractivity (Wildman–Crippen MR) is 111 cm³/mol. The van der Waals surface area contributed by atoms with Crippen molar-refractivity contribution >= 4 is 21.9 Å². The molecule has 1 atom stereocenters. The summed E-state index contributed by atoms with van der Waals surface area (Å²) < 4.78 is 45.8. The lowest BCUT2D eigenvalue weighted by molar-refractivity contribution is -0.130. The van der Waals surface area contributed by atoms with E-state index >= 15 is 0 Å². The third-order valence-electron chi connectivity index (χ3n) is 5.44. The van der Waals surface area contributed by atoms with Gasteiger partial charge in [0, 0.05) is 13.1 Å². The molecule has 1 aliphatic carbocycles. The molecule has 31 heavy (non-hydrogen) atoms. The standard InChI is InChI=1S/C21H28FN3O5S/c1-4-25(5-2)31(28,29)16-9-10-18(22)17(13-16)20(27)30-15(3)19(26)24-21(14-23)11-7-6-8-12-21/h9-10,13,15H,4-8,11-12H2,1-3H3,(H,24,26). The molecule has 0 saturated heterocycles. The number of nitriles is 1. The number of ether oxygens (including phenoxy) is 1. The van der Waals surface area contributed by atoms with E-state index in [0.29, 0.717) is 12.8 Å². The van der Waals surface area contributed by atoms with Crippen molar-refractivity contribution in [3.63, 3.8) is 0 Å². The monoisotopic (exact) mass is 453 g/mol. The van der Waals surface area contributed by atoms with E-state index in [-0.39, 0.29) is 18.0 Å². The molecule has 1 fully saturated rings. The molecule has 1 unspecified atom stereocenters. The zero-order chi connectivity index (χ0) is 23.2. The van der Waals surface area contributed by atoms with Crippen LogP contribution in [0.1, 0.15) is 63.2 Å². The highest BCUT2D eigenvalue weighted by Gasteiger charge is 2.36. The number of amides is 1. The first-order valence-corrected chi connectivity index (χ1v) is 11.8. The van der Waals surface area contributed by atoms with Crippen molar-refractivity contribution in [1.29, 1.82) is 5.26 Å². The Morgan fingerprint density at radius 1 is 1.26 bits per heavy atom. The highest BCUT2D eigenvalue weighted by molar-refractivity contribution is 7.89. The van der Waals surface area contributed by atoms with Crippen molar-refractivity contribution in [1.82, 2.24) is 9.62 Å². The molecule has 10 heteroatoms. The molecule has 1 saturated carbocycles. The third-order valence-corrected chi connectivity index (χ3v) is 7.48. The maximum absolute atomic E-state index is 14.3. The lowest BCUT2D eigenvalue weighted by Crippen LogP contribution is -2.52. The van der Waals surface area contributed by atoms with Crippen LogP contribution in [0.2, 0.25) is 0 Å². The largest absolute Gasteiger partial charge is 0.449 e. The van der Waals surface area contributed by atoms with Crippen molar-refractivity contribution in [2.45, 2.75) is 69.4 Å². The Hall–Kier alpha value is -2.51. The van der Waals surface area contributed by atoms with Crippen LogP contribution < -0.4 is 5.32 Å². The van der Waals surface area contributed by atoms with Gasteiger partial charge in [0.15, 0.2) is 6.10 Å². The molecule has 1 aromatic carbocycles. The van der Waals surface area contributed by atoms with E-state index in [0.717, 1.165) is 37.5 Å². The van der Waals surface area contributed by atoms with Crippen molar-refractivity contribution in [3.05, 3.63) is 29.6 Å². The van der Waals surface area contributed by atoms with E-state index in [2.05, 4.69) is 11.4 Å². The normalized spacial score (nSPS) is 16.9. The predicted octanol–water partition coefficient (Wildman–Crippen LogP) is 2.74. The minimum Gasteiger partial charge on any atom is -0.449 e. The summed E-state index contributed by atoms with van der Waals surface area (Å²) in [6, 6.07) is 5.01. The average Bonchev–Trinajstić information content (AvgIpc) is 2.75. The molecular weight excluding hydrogens is 425 g/mol. The Labute approximate surface area is 182 Å². The van der Waals surface area contributed by atoms with Gasteiger partial charge in [-0.1, -0.05) is 33.1 Å². The number of rotatable bonds is 8. The molecule has 0 aliphatic heterocycles. The Morgan fingerprint density at radius 2 is 1.87 bits per heavy atom. The Morgan fingerprint density at radius 3 is 2.42 bits per heavy atom. The number of carbonyl (C=O) groups is 2. The summed E-state index contributed by atoms with van der Waals surface area (Å²) in [7, 11) is -3.91. The summed E-state index contributed by atoms with van der Waals surface area (Å²) >= 11 is 0. The number of sulfonamides is 1. The van der Waals surface area contributed by atoms with Crippen LogP contribution in [0.3, 0.4) is 0 Å². The molecule has 0 radical (unpaired) electrons. The molecule has 0 aromatic heterocycles. The van der Waals surface area contributed by atoms with Gasteiger partial charge in [-0.3, -0.25) is 4.79 Å². The maximum atomic E-state index is 14.3. The van der Waals surface area contributed by atoms with E-state index in [4.69, 9.17) is 4.74 Å². The van der Waals surface area contributed by atoms with Crippen molar-refractivity contribution in [3.8, 4) is 6.07 Å². The summed E-state index contributed by atoms with van der Waals surface area (Å²) in [4.78, 5) is 24.7. The molecule has 0 spiro atoms. The molecule has 1 aliphatic rings. The van der Waals surface area contributed by atoms with Gasteiger partial charge in [0.25, 0.3) is 5.91 Å². The van der Waals surface area contributed by atoms with Crippen molar-refractivity contribution < 1.29 is 27.1 Å². The Kier molecular flexibility index (Phi) is 8.14. The lowest BCUT2D eigenvalue weighted by atomic mass is 9.83. The lowest BCUT2D eigenvalue weighted by Gasteiger charge is -2.32. The van der Waals surface area contributed by atoms with Gasteiger partial charge in [0.2, 0.25) is 10.0 Å². The first-order valence-electron chi connectivity index (χ1n) is 10.3. The molecule has 0 bridgehead atoms. The number of hydrogen-bond acceptors (Lipinski definition) is 6. The fourth-order valence-corrected chi connectivity index (χ4v) is 5.05. The molecule has 1 amide bonds. The SMILES string of the molecule is CCN(CC)S(=O)(=O)c1ccc(F)c(C(=O)OC(C)C(=O)NC2(C#N)CCCCC2)c1. The van der Waals surface area contributed by atoms with Crippen LogP contribution in [0.15, 0.2) is 23.1 Å². The van der Waals surface area contributed by atoms with Crippen LogP contribution in [0.4, 0.5) is 4.39 Å². The first kappa shape index (κ1) is 24.8. The number of esters is 1. The van der Waals surface area contributed by atoms with Gasteiger partial charge < -0.3 is 10.1 Å². The van der Waals surface area contributed by atoms with Gasteiger partial charge >= 0.3 is 5.97 Å². The highest BCUT2D eigenvalue weighted by atomic mass is 32.2. The number of nitrogens with one attached hydrogen (secondary N) is 1. The maximum Gasteiger partial charge on any atom is 0.341 e. The van der Waals surface area contributed by atoms with Crippen LogP contribution in [-0.2, 0) is 19.6 Å². The molecule has 170 valence electrons. The Bertz CT molecular complexity index is 964. The van der Waals surface area contributed by atoms with Gasteiger partial charge in [-0.25, -0.2) is 17.6 Å². The fourth-order valence-electron chi connectivity index (χ4n) is 3.57. The molecular formula is C21H28FN3O5S. The van der Waals surface area contributed by atoms with Crippen LogP contribution >= 0.6 is 0 Å². The molecule has 1 aromatic rings. The van der Waals surface area contributed by atoms with Crippen molar-refractivity contribution in [2.75, 3.05) is 13.1 Å². The number of carbonyl (C=O) groups excluding carboxylic acids is 2. The quantitative estimate of drug-likeness (QED) is 0.605. The second kappa shape index (κ2) is 10.2. The van der Waals surface area contributed by atoms with E-state index < -0.39 is 44.9 Å². The smallest absolute Gasteiger partial charge is 0.341 e. The zero-order valence-corrected chi connectivity index (χ0v) is 18.8. The average molecular weight is 454 g/mol. The summed E-state index contributed by atoms with van der Waals surface area (Å²) in [5.41, 5.74) is -1.58. The zero-order valence-electron chi connectivity index (χ0n) is 18.0. The second-order valence-corrected chi connectivity index (χ2v) is 9.46. The minimum atomic E-state index is -3.91. The van der Waals surface area contributed by atoms with Gasteiger partial charge in [-0.05, 0) is 38.0 Å². The van der Waals surface area contributed by atoms with Gasteiger partial charge in [0.05, 0.1) is 16.5 Å². The molecule has 8 nitrogen and oxygen atoms in total. The molecule has 2 rings (SSSR count). The number of benzene rings is 1. The summed E-state index contributed by atoms with van der Waals surface area (Å²) in [5.74, 6) is -2.78. The summed E-state index contributed by atoms with van der Waals surface area (Å²) in [5, 5.41) is 12.1. The van der Waals surface area contributed by atoms with E-state index in [1.165, 1.54) is 11.2 Å². The van der Waals surface area contributed by atoms with Gasteiger partial charge in [-0.15, -0.1) is 0 Å². The molecule has 0 heterocycles. The third kappa shape index (κ3) is 5.60. The first-order chi connectivity index (χ1) is 14.6. The number of hydrogen-bond donors (Lipinski definition) is 1. The highest BCUT2D eigenvalue weighted by Crippen LogP contribution is 2.28. The van der Waals surface area contributed by atoms with Gasteiger partial charge in [-0.2, -0.15) is 9.57 Å². The minimum absolute atomic E-state index is 0.216. The van der Waals surface area contributed by atoms with Crippen LogP contribution in [0.25, 0.3) is 0 Å². The topological polar surface area (TPSA) is 117 Å². The van der Waals surface area contributed by atoms with Crippen LogP contribution in [-0.4, -0.2) is 49.3 Å². The fraction of sp³-hybridized carbons (Fsp3) is 0.571. The summed E-state index contributed by atoms with van der Waals surface area (Å²) in [6.45, 7) is 5.08. The Balaban J connectivity index is 2.18. The molecule has 1 N–H and O–H groups in total. The second-order valence-electron chi connectivity index (χ2n) is 7.52. The van der Waals surface area contributed by atoms with E-state index in [1.807, 2.05) is 0 Å². The van der Waals surface area contributed by atoms with E-state index in [1.54, 1.807) is 13.8 Å². The van der Waals surface area contributed by atoms with Gasteiger partial charge in [0.1, 0.15) is 11.4 Å². The van der Waals surface area contributed by atoms with E-state index in [9.17, 15) is 27.7 Å². The van der Waals surface area contributed by atoms with Crippen LogP contribution in [0.5, 0.6) is 0 Å². The van der Waals surface area contributed by atoms with Crippen LogP contribution in [0, 0.1) is 17.1 Å².